The fourth-order valence-electron chi connectivity index (χ4n) is 3.35. The quantitative estimate of drug-likeness (QED) is 0.785. The smallest absolute Gasteiger partial charge is 0.170 e. The molecule has 6 heteroatoms. The van der Waals surface area contributed by atoms with Crippen LogP contribution in [0.3, 0.4) is 0 Å². The van der Waals surface area contributed by atoms with E-state index in [0.29, 0.717) is 5.11 Å². The van der Waals surface area contributed by atoms with Crippen molar-refractivity contribution in [1.82, 2.24) is 10.2 Å². The minimum absolute atomic E-state index is 0.688. The van der Waals surface area contributed by atoms with E-state index in [-0.39, 0.29) is 0 Å². The Hall–Kier alpha value is -1.37. The number of nitrogens with one attached hydrogen (secondary N) is 2. The number of thiocarbonyl (C=S) groups is 1. The Labute approximate surface area is 156 Å². The van der Waals surface area contributed by atoms with Gasteiger partial charge in [-0.15, -0.1) is 0 Å². The van der Waals surface area contributed by atoms with Gasteiger partial charge in [-0.05, 0) is 55.2 Å². The van der Waals surface area contributed by atoms with Crippen molar-refractivity contribution in [1.29, 1.82) is 0 Å². The molecule has 2 N–H and O–H groups in total. The number of hydrogen-bond acceptors (Lipinski definition) is 4. The molecule has 2 fully saturated rings. The Morgan fingerprint density at radius 3 is 2.48 bits per heavy atom. The maximum absolute atomic E-state index is 5.40. The molecule has 1 aromatic carbocycles. The van der Waals surface area contributed by atoms with Crippen LogP contribution in [0.2, 0.25) is 0 Å². The molecule has 3 rings (SSSR count). The monoisotopic (exact) mass is 362 g/mol. The molecule has 0 amide bonds. The van der Waals surface area contributed by atoms with Gasteiger partial charge in [0, 0.05) is 50.6 Å². The molecule has 0 aromatic heterocycles. The van der Waals surface area contributed by atoms with Crippen LogP contribution < -0.4 is 15.5 Å². The highest BCUT2D eigenvalue weighted by atomic mass is 32.1. The Morgan fingerprint density at radius 1 is 1.12 bits per heavy atom. The first-order chi connectivity index (χ1) is 12.2. The Kier molecular flexibility index (Phi) is 6.90. The maximum atomic E-state index is 5.40. The third-order valence-electron chi connectivity index (χ3n) is 5.09. The molecule has 0 spiro atoms. The number of rotatable bonds is 5. The van der Waals surface area contributed by atoms with Crippen LogP contribution in [-0.2, 0) is 4.74 Å². The Bertz CT molecular complexity index is 537. The summed E-state index contributed by atoms with van der Waals surface area (Å²) >= 11 is 5.40. The third-order valence-corrected chi connectivity index (χ3v) is 5.34. The average molecular weight is 363 g/mol. The molecule has 0 atom stereocenters. The highest BCUT2D eigenvalue weighted by molar-refractivity contribution is 7.80. The maximum Gasteiger partial charge on any atom is 0.170 e. The lowest BCUT2D eigenvalue weighted by atomic mass is 9.99. The van der Waals surface area contributed by atoms with Crippen molar-refractivity contribution in [2.75, 3.05) is 62.7 Å². The molecule has 2 aliphatic heterocycles. The van der Waals surface area contributed by atoms with Gasteiger partial charge < -0.3 is 20.3 Å². The summed E-state index contributed by atoms with van der Waals surface area (Å²) in [6, 6.07) is 8.61. The molecule has 25 heavy (non-hydrogen) atoms. The third kappa shape index (κ3) is 5.83. The van der Waals surface area contributed by atoms with Crippen molar-refractivity contribution in [2.45, 2.75) is 19.8 Å². The first-order valence-corrected chi connectivity index (χ1v) is 9.81. The normalized spacial score (nSPS) is 19.6. The van der Waals surface area contributed by atoms with Gasteiger partial charge in [0.1, 0.15) is 0 Å². The SMILES string of the molecule is CC1CCN(c2ccc(NC(=S)NCCN3CCOCC3)cc2)CC1. The highest BCUT2D eigenvalue weighted by Crippen LogP contribution is 2.24. The molecule has 0 radical (unpaired) electrons. The van der Waals surface area contributed by atoms with E-state index in [0.717, 1.165) is 64.1 Å². The van der Waals surface area contributed by atoms with E-state index in [2.05, 4.69) is 51.6 Å². The molecule has 2 aliphatic rings. The summed E-state index contributed by atoms with van der Waals surface area (Å²) in [4.78, 5) is 4.87. The predicted octanol–water partition coefficient (Wildman–Crippen LogP) is 2.54. The van der Waals surface area contributed by atoms with Crippen LogP contribution in [0, 0.1) is 5.92 Å². The first-order valence-electron chi connectivity index (χ1n) is 9.40. The van der Waals surface area contributed by atoms with Gasteiger partial charge in [-0.1, -0.05) is 6.92 Å². The molecule has 0 bridgehead atoms. The number of piperidine rings is 1. The Morgan fingerprint density at radius 2 is 1.80 bits per heavy atom. The number of benzene rings is 1. The highest BCUT2D eigenvalue weighted by Gasteiger charge is 2.15. The van der Waals surface area contributed by atoms with Gasteiger partial charge in [-0.3, -0.25) is 4.90 Å². The lowest BCUT2D eigenvalue weighted by Crippen LogP contribution is -2.42. The van der Waals surface area contributed by atoms with Crippen molar-refractivity contribution in [3.05, 3.63) is 24.3 Å². The van der Waals surface area contributed by atoms with Crippen LogP contribution >= 0.6 is 12.2 Å². The number of morpholine rings is 1. The molecular formula is C19H30N4OS. The number of nitrogens with zero attached hydrogens (tertiary/aromatic N) is 2. The summed E-state index contributed by atoms with van der Waals surface area (Å²) in [5, 5.41) is 7.25. The van der Waals surface area contributed by atoms with Crippen molar-refractivity contribution in [3.8, 4) is 0 Å². The fraction of sp³-hybridized carbons (Fsp3) is 0.632. The molecule has 5 nitrogen and oxygen atoms in total. The van der Waals surface area contributed by atoms with Crippen molar-refractivity contribution < 1.29 is 4.74 Å². The predicted molar refractivity (Wildman–Crippen MR) is 109 cm³/mol. The summed E-state index contributed by atoms with van der Waals surface area (Å²) in [6.45, 7) is 10.2. The number of ether oxygens (including phenoxy) is 1. The molecule has 2 saturated heterocycles. The van der Waals surface area contributed by atoms with Gasteiger partial charge in [0.2, 0.25) is 0 Å². The standard InChI is InChI=1S/C19H30N4OS/c1-16-6-9-23(10-7-16)18-4-2-17(3-5-18)21-19(25)20-8-11-22-12-14-24-15-13-22/h2-5,16H,6-15H2,1H3,(H2,20,21,25). The van der Waals surface area contributed by atoms with E-state index in [1.165, 1.54) is 18.5 Å². The Balaban J connectivity index is 1.39. The van der Waals surface area contributed by atoms with Gasteiger partial charge in [-0.2, -0.15) is 0 Å². The van der Waals surface area contributed by atoms with Crippen LogP contribution in [0.4, 0.5) is 11.4 Å². The van der Waals surface area contributed by atoms with Crippen molar-refractivity contribution >= 4 is 28.7 Å². The lowest BCUT2D eigenvalue weighted by molar-refractivity contribution is 0.0389. The van der Waals surface area contributed by atoms with Crippen molar-refractivity contribution in [3.63, 3.8) is 0 Å². The van der Waals surface area contributed by atoms with Crippen molar-refractivity contribution in [2.24, 2.45) is 5.92 Å². The summed E-state index contributed by atoms with van der Waals surface area (Å²) in [5.41, 5.74) is 2.35. The lowest BCUT2D eigenvalue weighted by Gasteiger charge is -2.32. The number of hydrogen-bond donors (Lipinski definition) is 2. The largest absolute Gasteiger partial charge is 0.379 e. The van der Waals surface area contributed by atoms with Crippen LogP contribution in [0.25, 0.3) is 0 Å². The molecule has 138 valence electrons. The van der Waals surface area contributed by atoms with Gasteiger partial charge in [0.05, 0.1) is 13.2 Å². The van der Waals surface area contributed by atoms with Gasteiger partial charge in [0.15, 0.2) is 5.11 Å². The molecule has 0 aliphatic carbocycles. The molecule has 2 heterocycles. The zero-order valence-electron chi connectivity index (χ0n) is 15.2. The van der Waals surface area contributed by atoms with E-state index in [1.807, 2.05) is 0 Å². The summed E-state index contributed by atoms with van der Waals surface area (Å²) < 4.78 is 5.36. The number of anilines is 2. The van der Waals surface area contributed by atoms with Crippen LogP contribution in [0.5, 0.6) is 0 Å². The second kappa shape index (κ2) is 9.36. The zero-order chi connectivity index (χ0) is 17.5. The van der Waals surface area contributed by atoms with E-state index < -0.39 is 0 Å². The van der Waals surface area contributed by atoms with Gasteiger partial charge in [0.25, 0.3) is 0 Å². The minimum Gasteiger partial charge on any atom is -0.379 e. The van der Waals surface area contributed by atoms with E-state index in [9.17, 15) is 0 Å². The summed E-state index contributed by atoms with van der Waals surface area (Å²) in [6.07, 6.45) is 2.58. The molecule has 0 saturated carbocycles. The molecule has 0 unspecified atom stereocenters. The van der Waals surface area contributed by atoms with Crippen LogP contribution in [0.15, 0.2) is 24.3 Å². The minimum atomic E-state index is 0.688. The van der Waals surface area contributed by atoms with Gasteiger partial charge >= 0.3 is 0 Å². The van der Waals surface area contributed by atoms with E-state index in [1.54, 1.807) is 0 Å². The first kappa shape index (κ1) is 18.4. The summed E-state index contributed by atoms with van der Waals surface area (Å²) in [5.74, 6) is 0.859. The second-order valence-corrected chi connectivity index (χ2v) is 7.46. The van der Waals surface area contributed by atoms with Gasteiger partial charge in [-0.25, -0.2) is 0 Å². The fourth-order valence-corrected chi connectivity index (χ4v) is 3.57. The van der Waals surface area contributed by atoms with Crippen LogP contribution in [-0.4, -0.2) is 62.5 Å². The average Bonchev–Trinajstić information content (AvgIpc) is 2.64. The zero-order valence-corrected chi connectivity index (χ0v) is 16.0. The topological polar surface area (TPSA) is 39.8 Å². The van der Waals surface area contributed by atoms with E-state index in [4.69, 9.17) is 17.0 Å². The molecule has 1 aromatic rings. The van der Waals surface area contributed by atoms with Crippen LogP contribution in [0.1, 0.15) is 19.8 Å². The summed E-state index contributed by atoms with van der Waals surface area (Å²) in [7, 11) is 0. The van der Waals surface area contributed by atoms with E-state index >= 15 is 0 Å². The second-order valence-electron chi connectivity index (χ2n) is 7.05. The molecular weight excluding hydrogens is 332 g/mol.